The van der Waals surface area contributed by atoms with E-state index in [0.29, 0.717) is 5.92 Å². The fraction of sp³-hybridized carbons (Fsp3) is 0.625. The molecule has 0 bridgehead atoms. The van der Waals surface area contributed by atoms with Gasteiger partial charge in [0.05, 0.1) is 6.10 Å². The molecule has 1 N–H and O–H groups in total. The number of aliphatic hydroxyl groups is 1. The van der Waals surface area contributed by atoms with Gasteiger partial charge >= 0.3 is 0 Å². The van der Waals surface area contributed by atoms with Gasteiger partial charge in [-0.15, -0.1) is 0 Å². The molecule has 1 aliphatic carbocycles. The highest BCUT2D eigenvalue weighted by atomic mass is 16.5. The van der Waals surface area contributed by atoms with Gasteiger partial charge in [-0.2, -0.15) is 0 Å². The smallest absolute Gasteiger partial charge is 0.125 e. The van der Waals surface area contributed by atoms with Crippen molar-refractivity contribution in [3.63, 3.8) is 0 Å². The molecular weight excluding hydrogens is 224 g/mol. The molecule has 1 fully saturated rings. The largest absolute Gasteiger partial charge is 0.490 e. The third-order valence-electron chi connectivity index (χ3n) is 4.44. The van der Waals surface area contributed by atoms with Crippen LogP contribution in [0, 0.1) is 5.92 Å². The molecule has 18 heavy (non-hydrogen) atoms. The quantitative estimate of drug-likeness (QED) is 0.763. The fourth-order valence-electron chi connectivity index (χ4n) is 3.39. The molecule has 0 spiro atoms. The van der Waals surface area contributed by atoms with Crippen LogP contribution in [0.2, 0.25) is 0 Å². The van der Waals surface area contributed by atoms with E-state index in [1.165, 1.54) is 38.5 Å². The summed E-state index contributed by atoms with van der Waals surface area (Å²) in [7, 11) is 0. The van der Waals surface area contributed by atoms with Crippen LogP contribution in [-0.2, 0) is 0 Å². The molecule has 1 heterocycles. The molecule has 0 radical (unpaired) electrons. The van der Waals surface area contributed by atoms with Crippen molar-refractivity contribution in [1.29, 1.82) is 0 Å². The SMILES string of the molecule is OC1CC(C2CCCCCC2)Oc2ccccc21. The Hall–Kier alpha value is -1.02. The first kappa shape index (κ1) is 12.0. The Morgan fingerprint density at radius 1 is 1.00 bits per heavy atom. The molecule has 0 amide bonds. The van der Waals surface area contributed by atoms with Gasteiger partial charge in [0.15, 0.2) is 0 Å². The van der Waals surface area contributed by atoms with Crippen molar-refractivity contribution in [3.8, 4) is 5.75 Å². The van der Waals surface area contributed by atoms with Crippen LogP contribution in [0.15, 0.2) is 24.3 Å². The molecule has 1 saturated carbocycles. The van der Waals surface area contributed by atoms with Crippen molar-refractivity contribution >= 4 is 0 Å². The number of ether oxygens (including phenoxy) is 1. The monoisotopic (exact) mass is 246 g/mol. The highest BCUT2D eigenvalue weighted by molar-refractivity contribution is 5.37. The molecule has 2 aliphatic rings. The van der Waals surface area contributed by atoms with Crippen LogP contribution in [0.25, 0.3) is 0 Å². The Morgan fingerprint density at radius 3 is 2.50 bits per heavy atom. The van der Waals surface area contributed by atoms with E-state index in [4.69, 9.17) is 4.74 Å². The van der Waals surface area contributed by atoms with Crippen molar-refractivity contribution in [3.05, 3.63) is 29.8 Å². The molecule has 0 aromatic heterocycles. The highest BCUT2D eigenvalue weighted by Crippen LogP contribution is 2.39. The molecule has 98 valence electrons. The van der Waals surface area contributed by atoms with Gasteiger partial charge in [0.25, 0.3) is 0 Å². The molecule has 2 atom stereocenters. The number of aliphatic hydroxyl groups excluding tert-OH is 1. The van der Waals surface area contributed by atoms with Crippen LogP contribution < -0.4 is 4.74 Å². The summed E-state index contributed by atoms with van der Waals surface area (Å²) in [6.45, 7) is 0. The zero-order valence-corrected chi connectivity index (χ0v) is 10.8. The molecule has 0 saturated heterocycles. The molecule has 2 unspecified atom stereocenters. The van der Waals surface area contributed by atoms with Crippen LogP contribution in [-0.4, -0.2) is 11.2 Å². The predicted octanol–water partition coefficient (Wildman–Crippen LogP) is 3.84. The number of hydrogen-bond donors (Lipinski definition) is 1. The van der Waals surface area contributed by atoms with Crippen molar-refractivity contribution in [1.82, 2.24) is 0 Å². The maximum Gasteiger partial charge on any atom is 0.125 e. The lowest BCUT2D eigenvalue weighted by molar-refractivity contribution is 0.0297. The van der Waals surface area contributed by atoms with E-state index in [1.807, 2.05) is 24.3 Å². The first-order valence-electron chi connectivity index (χ1n) is 7.28. The lowest BCUT2D eigenvalue weighted by Gasteiger charge is -2.34. The van der Waals surface area contributed by atoms with E-state index in [2.05, 4.69) is 0 Å². The number of para-hydroxylation sites is 1. The Morgan fingerprint density at radius 2 is 1.72 bits per heavy atom. The lowest BCUT2D eigenvalue weighted by Crippen LogP contribution is -2.32. The average molecular weight is 246 g/mol. The minimum atomic E-state index is -0.344. The highest BCUT2D eigenvalue weighted by Gasteiger charge is 2.32. The van der Waals surface area contributed by atoms with Crippen LogP contribution in [0.4, 0.5) is 0 Å². The average Bonchev–Trinajstić information content (AvgIpc) is 2.67. The zero-order valence-electron chi connectivity index (χ0n) is 10.8. The third-order valence-corrected chi connectivity index (χ3v) is 4.44. The lowest BCUT2D eigenvalue weighted by atomic mass is 9.87. The molecule has 3 rings (SSSR count). The van der Waals surface area contributed by atoms with E-state index in [-0.39, 0.29) is 12.2 Å². The summed E-state index contributed by atoms with van der Waals surface area (Å²) in [5.41, 5.74) is 0.961. The molecule has 2 nitrogen and oxygen atoms in total. The molecular formula is C16H22O2. The zero-order chi connectivity index (χ0) is 12.4. The molecule has 1 aliphatic heterocycles. The Bertz CT molecular complexity index is 394. The standard InChI is InChI=1S/C16H22O2/c17-14-11-16(12-7-3-1-2-4-8-12)18-15-10-6-5-9-13(14)15/h5-6,9-10,12,14,16-17H,1-4,7-8,11H2. The van der Waals surface area contributed by atoms with E-state index in [0.717, 1.165) is 17.7 Å². The maximum absolute atomic E-state index is 10.3. The number of rotatable bonds is 1. The van der Waals surface area contributed by atoms with Gasteiger partial charge in [-0.25, -0.2) is 0 Å². The number of benzene rings is 1. The fourth-order valence-corrected chi connectivity index (χ4v) is 3.39. The van der Waals surface area contributed by atoms with Crippen LogP contribution in [0.3, 0.4) is 0 Å². The van der Waals surface area contributed by atoms with E-state index < -0.39 is 0 Å². The van der Waals surface area contributed by atoms with Gasteiger partial charge in [0.1, 0.15) is 11.9 Å². The summed E-state index contributed by atoms with van der Waals surface area (Å²) in [6.07, 6.45) is 8.53. The van der Waals surface area contributed by atoms with Crippen LogP contribution >= 0.6 is 0 Å². The minimum absolute atomic E-state index is 0.216. The topological polar surface area (TPSA) is 29.5 Å². The van der Waals surface area contributed by atoms with Crippen molar-refractivity contribution in [2.75, 3.05) is 0 Å². The Balaban J connectivity index is 1.76. The first-order valence-corrected chi connectivity index (χ1v) is 7.28. The van der Waals surface area contributed by atoms with Gasteiger partial charge < -0.3 is 9.84 Å². The number of hydrogen-bond acceptors (Lipinski definition) is 2. The third kappa shape index (κ3) is 2.39. The van der Waals surface area contributed by atoms with Gasteiger partial charge in [-0.3, -0.25) is 0 Å². The van der Waals surface area contributed by atoms with E-state index >= 15 is 0 Å². The molecule has 2 heteroatoms. The maximum atomic E-state index is 10.3. The van der Waals surface area contributed by atoms with E-state index in [1.54, 1.807) is 0 Å². The molecule has 1 aromatic carbocycles. The predicted molar refractivity (Wildman–Crippen MR) is 71.6 cm³/mol. The Kier molecular flexibility index (Phi) is 3.55. The van der Waals surface area contributed by atoms with Crippen molar-refractivity contribution < 1.29 is 9.84 Å². The summed E-state index contributed by atoms with van der Waals surface area (Å²) in [6, 6.07) is 7.92. The summed E-state index contributed by atoms with van der Waals surface area (Å²) < 4.78 is 6.14. The van der Waals surface area contributed by atoms with Crippen LogP contribution in [0.5, 0.6) is 5.75 Å². The Labute approximate surface area is 109 Å². The van der Waals surface area contributed by atoms with Gasteiger partial charge in [-0.05, 0) is 24.8 Å². The van der Waals surface area contributed by atoms with Crippen molar-refractivity contribution in [2.24, 2.45) is 5.92 Å². The second-order valence-corrected chi connectivity index (χ2v) is 5.70. The molecule has 1 aromatic rings. The van der Waals surface area contributed by atoms with E-state index in [9.17, 15) is 5.11 Å². The summed E-state index contributed by atoms with van der Waals surface area (Å²) >= 11 is 0. The summed E-state index contributed by atoms with van der Waals surface area (Å²) in [4.78, 5) is 0. The van der Waals surface area contributed by atoms with Gasteiger partial charge in [0, 0.05) is 12.0 Å². The van der Waals surface area contributed by atoms with Gasteiger partial charge in [0.2, 0.25) is 0 Å². The first-order chi connectivity index (χ1) is 8.84. The van der Waals surface area contributed by atoms with Gasteiger partial charge in [-0.1, -0.05) is 43.9 Å². The van der Waals surface area contributed by atoms with Crippen molar-refractivity contribution in [2.45, 2.75) is 57.2 Å². The summed E-state index contributed by atoms with van der Waals surface area (Å²) in [5.74, 6) is 1.53. The second kappa shape index (κ2) is 5.31. The normalized spacial score (nSPS) is 29.2. The minimum Gasteiger partial charge on any atom is -0.490 e. The van der Waals surface area contributed by atoms with Crippen LogP contribution in [0.1, 0.15) is 56.6 Å². The summed E-state index contributed by atoms with van der Waals surface area (Å²) in [5, 5.41) is 10.3. The second-order valence-electron chi connectivity index (χ2n) is 5.70. The number of fused-ring (bicyclic) bond motifs is 1.